The van der Waals surface area contributed by atoms with Crippen molar-refractivity contribution < 1.29 is 9.84 Å². The summed E-state index contributed by atoms with van der Waals surface area (Å²) in [4.78, 5) is 0. The Morgan fingerprint density at radius 2 is 2.00 bits per heavy atom. The van der Waals surface area contributed by atoms with Crippen molar-refractivity contribution in [2.45, 2.75) is 39.4 Å². The van der Waals surface area contributed by atoms with Crippen LogP contribution in [0.4, 0.5) is 0 Å². The lowest BCUT2D eigenvalue weighted by Crippen LogP contribution is -2.57. The van der Waals surface area contributed by atoms with E-state index in [1.54, 1.807) is 0 Å². The maximum absolute atomic E-state index is 8.81. The maximum Gasteiger partial charge on any atom is 0.0885 e. The minimum absolute atomic E-state index is 0.0671. The van der Waals surface area contributed by atoms with Gasteiger partial charge >= 0.3 is 0 Å². The van der Waals surface area contributed by atoms with Gasteiger partial charge in [-0.1, -0.05) is 20.8 Å². The molecule has 10 heavy (non-hydrogen) atoms. The van der Waals surface area contributed by atoms with Gasteiger partial charge in [0.1, 0.15) is 0 Å². The molecule has 2 nitrogen and oxygen atoms in total. The van der Waals surface area contributed by atoms with Gasteiger partial charge in [-0.05, 0) is 6.42 Å². The quantitative estimate of drug-likeness (QED) is 0.630. The van der Waals surface area contributed by atoms with Crippen LogP contribution in [0.25, 0.3) is 0 Å². The van der Waals surface area contributed by atoms with Gasteiger partial charge in [0.15, 0.2) is 0 Å². The molecular formula is C8H16O2. The summed E-state index contributed by atoms with van der Waals surface area (Å²) < 4.78 is 5.40. The highest BCUT2D eigenvalue weighted by Crippen LogP contribution is 2.41. The second kappa shape index (κ2) is 2.51. The molecule has 1 aliphatic rings. The molecule has 60 valence electrons. The monoisotopic (exact) mass is 144 g/mol. The van der Waals surface area contributed by atoms with Gasteiger partial charge in [0.2, 0.25) is 0 Å². The molecule has 0 aromatic rings. The predicted molar refractivity (Wildman–Crippen MR) is 39.8 cm³/mol. The first-order valence-corrected chi connectivity index (χ1v) is 3.89. The molecule has 0 aromatic carbocycles. The first-order chi connectivity index (χ1) is 4.62. The fourth-order valence-corrected chi connectivity index (χ4v) is 1.58. The molecule has 0 spiro atoms. The van der Waals surface area contributed by atoms with Gasteiger partial charge in [-0.15, -0.1) is 0 Å². The topological polar surface area (TPSA) is 29.5 Å². The molecule has 1 aliphatic heterocycles. The molecule has 2 heteroatoms. The van der Waals surface area contributed by atoms with Crippen LogP contribution in [0.1, 0.15) is 27.2 Å². The van der Waals surface area contributed by atoms with Gasteiger partial charge < -0.3 is 9.84 Å². The van der Waals surface area contributed by atoms with E-state index in [-0.39, 0.29) is 18.1 Å². The second-order valence-electron chi connectivity index (χ2n) is 3.53. The average Bonchev–Trinajstić information content (AvgIpc) is 1.88. The van der Waals surface area contributed by atoms with Crippen LogP contribution < -0.4 is 0 Å². The fourth-order valence-electron chi connectivity index (χ4n) is 1.58. The van der Waals surface area contributed by atoms with Crippen LogP contribution in [0.3, 0.4) is 0 Å². The van der Waals surface area contributed by atoms with Crippen molar-refractivity contribution in [2.24, 2.45) is 5.41 Å². The SMILES string of the molecule is CCC1OC(CO)C1(C)C. The van der Waals surface area contributed by atoms with Gasteiger partial charge in [-0.3, -0.25) is 0 Å². The Morgan fingerprint density at radius 1 is 1.40 bits per heavy atom. The fraction of sp³-hybridized carbons (Fsp3) is 1.00. The van der Waals surface area contributed by atoms with Gasteiger partial charge in [0, 0.05) is 5.41 Å². The van der Waals surface area contributed by atoms with Crippen molar-refractivity contribution in [2.75, 3.05) is 6.61 Å². The van der Waals surface area contributed by atoms with Gasteiger partial charge in [-0.2, -0.15) is 0 Å². The lowest BCUT2D eigenvalue weighted by molar-refractivity contribution is -0.246. The number of ether oxygens (including phenoxy) is 1. The molecule has 0 bridgehead atoms. The van der Waals surface area contributed by atoms with E-state index in [1.165, 1.54) is 0 Å². The Kier molecular flexibility index (Phi) is 2.02. The lowest BCUT2D eigenvalue weighted by atomic mass is 9.74. The minimum atomic E-state index is 0.0671. The summed E-state index contributed by atoms with van der Waals surface area (Å²) in [5.74, 6) is 0. The third kappa shape index (κ3) is 0.956. The van der Waals surface area contributed by atoms with Crippen LogP contribution >= 0.6 is 0 Å². The third-order valence-electron chi connectivity index (χ3n) is 2.52. The molecule has 0 radical (unpaired) electrons. The molecule has 1 N–H and O–H groups in total. The highest BCUT2D eigenvalue weighted by atomic mass is 16.5. The number of aliphatic hydroxyl groups is 1. The van der Waals surface area contributed by atoms with Crippen LogP contribution in [0.5, 0.6) is 0 Å². The first kappa shape index (κ1) is 8.02. The summed E-state index contributed by atoms with van der Waals surface area (Å²) in [6.07, 6.45) is 1.46. The molecule has 0 aromatic heterocycles. The highest BCUT2D eigenvalue weighted by molar-refractivity contribution is 4.94. The van der Waals surface area contributed by atoms with Crippen molar-refractivity contribution in [1.82, 2.24) is 0 Å². The molecule has 1 heterocycles. The molecule has 0 amide bonds. The summed E-state index contributed by atoms with van der Waals surface area (Å²) in [6, 6.07) is 0. The van der Waals surface area contributed by atoms with E-state index in [9.17, 15) is 0 Å². The molecule has 1 saturated heterocycles. The van der Waals surface area contributed by atoms with Crippen LogP contribution in [0.15, 0.2) is 0 Å². The number of aliphatic hydroxyl groups excluding tert-OH is 1. The van der Waals surface area contributed by atoms with Gasteiger partial charge in [0.05, 0.1) is 18.8 Å². The summed E-state index contributed by atoms with van der Waals surface area (Å²) in [7, 11) is 0. The third-order valence-corrected chi connectivity index (χ3v) is 2.52. The van der Waals surface area contributed by atoms with E-state index in [0.717, 1.165) is 6.42 Å². The van der Waals surface area contributed by atoms with Crippen LogP contribution in [0.2, 0.25) is 0 Å². The van der Waals surface area contributed by atoms with Crippen molar-refractivity contribution >= 4 is 0 Å². The minimum Gasteiger partial charge on any atom is -0.394 e. The second-order valence-corrected chi connectivity index (χ2v) is 3.53. The Hall–Kier alpha value is -0.0800. The molecular weight excluding hydrogens is 128 g/mol. The van der Waals surface area contributed by atoms with E-state index in [4.69, 9.17) is 9.84 Å². The number of hydrogen-bond donors (Lipinski definition) is 1. The predicted octanol–water partition coefficient (Wildman–Crippen LogP) is 1.18. The van der Waals surface area contributed by atoms with E-state index >= 15 is 0 Å². The van der Waals surface area contributed by atoms with E-state index in [2.05, 4.69) is 20.8 Å². The van der Waals surface area contributed by atoms with E-state index in [1.807, 2.05) is 0 Å². The van der Waals surface area contributed by atoms with E-state index in [0.29, 0.717) is 6.10 Å². The summed E-state index contributed by atoms with van der Waals surface area (Å²) >= 11 is 0. The van der Waals surface area contributed by atoms with Gasteiger partial charge in [0.25, 0.3) is 0 Å². The Labute approximate surface area is 62.2 Å². The largest absolute Gasteiger partial charge is 0.394 e. The van der Waals surface area contributed by atoms with Crippen LogP contribution in [0, 0.1) is 5.41 Å². The Morgan fingerprint density at radius 3 is 2.30 bits per heavy atom. The Balaban J connectivity index is 2.47. The molecule has 1 fully saturated rings. The molecule has 2 unspecified atom stereocenters. The lowest BCUT2D eigenvalue weighted by Gasteiger charge is -2.51. The highest BCUT2D eigenvalue weighted by Gasteiger charge is 2.47. The van der Waals surface area contributed by atoms with E-state index < -0.39 is 0 Å². The van der Waals surface area contributed by atoms with Crippen LogP contribution in [-0.2, 0) is 4.74 Å². The maximum atomic E-state index is 8.81. The average molecular weight is 144 g/mol. The molecule has 2 atom stereocenters. The van der Waals surface area contributed by atoms with Crippen molar-refractivity contribution in [3.8, 4) is 0 Å². The zero-order valence-corrected chi connectivity index (χ0v) is 6.92. The number of hydrogen-bond acceptors (Lipinski definition) is 2. The normalized spacial score (nSPS) is 37.2. The summed E-state index contributed by atoms with van der Waals surface area (Å²) in [5.41, 5.74) is 0.184. The van der Waals surface area contributed by atoms with Crippen LogP contribution in [-0.4, -0.2) is 23.9 Å². The molecule has 1 rings (SSSR count). The summed E-state index contributed by atoms with van der Waals surface area (Å²) in [5, 5.41) is 8.81. The smallest absolute Gasteiger partial charge is 0.0885 e. The zero-order valence-electron chi connectivity index (χ0n) is 6.92. The van der Waals surface area contributed by atoms with Crippen molar-refractivity contribution in [1.29, 1.82) is 0 Å². The summed E-state index contributed by atoms with van der Waals surface area (Å²) in [6.45, 7) is 6.56. The molecule has 0 saturated carbocycles. The van der Waals surface area contributed by atoms with Gasteiger partial charge in [-0.25, -0.2) is 0 Å². The van der Waals surface area contributed by atoms with Crippen molar-refractivity contribution in [3.63, 3.8) is 0 Å². The standard InChI is InChI=1S/C8H16O2/c1-4-6-8(2,3)7(5-9)10-6/h6-7,9H,4-5H2,1-3H3. The zero-order chi connectivity index (χ0) is 7.78. The number of rotatable bonds is 2. The first-order valence-electron chi connectivity index (χ1n) is 3.89. The Bertz CT molecular complexity index is 108. The van der Waals surface area contributed by atoms with Crippen molar-refractivity contribution in [3.05, 3.63) is 0 Å². The molecule has 0 aliphatic carbocycles.